The molecule has 1 atom stereocenters. The van der Waals surface area contributed by atoms with Gasteiger partial charge in [0, 0.05) is 18.2 Å². The maximum atomic E-state index is 12.9. The molecule has 1 unspecified atom stereocenters. The SMILES string of the molecule is Cc1cc(F)ccc1NC(=O)CC(N)C(C)C. The largest absolute Gasteiger partial charge is 0.327 e. The van der Waals surface area contributed by atoms with Gasteiger partial charge in [0.25, 0.3) is 0 Å². The fraction of sp³-hybridized carbons (Fsp3) is 0.462. The third-order valence-corrected chi connectivity index (χ3v) is 2.74. The molecule has 3 nitrogen and oxygen atoms in total. The van der Waals surface area contributed by atoms with Gasteiger partial charge in [-0.15, -0.1) is 0 Å². The van der Waals surface area contributed by atoms with E-state index in [0.717, 1.165) is 0 Å². The topological polar surface area (TPSA) is 55.1 Å². The van der Waals surface area contributed by atoms with Crippen molar-refractivity contribution in [1.82, 2.24) is 0 Å². The number of carbonyl (C=O) groups excluding carboxylic acids is 1. The third-order valence-electron chi connectivity index (χ3n) is 2.74. The normalized spacial score (nSPS) is 12.6. The van der Waals surface area contributed by atoms with E-state index in [1.54, 1.807) is 13.0 Å². The zero-order chi connectivity index (χ0) is 13.0. The summed E-state index contributed by atoms with van der Waals surface area (Å²) in [7, 11) is 0. The summed E-state index contributed by atoms with van der Waals surface area (Å²) in [5.41, 5.74) is 7.15. The molecule has 0 aromatic heterocycles. The molecule has 0 heterocycles. The molecule has 17 heavy (non-hydrogen) atoms. The van der Waals surface area contributed by atoms with Gasteiger partial charge < -0.3 is 11.1 Å². The van der Waals surface area contributed by atoms with Crippen LogP contribution in [0, 0.1) is 18.7 Å². The van der Waals surface area contributed by atoms with Gasteiger partial charge >= 0.3 is 0 Å². The Labute approximate surface area is 101 Å². The highest BCUT2D eigenvalue weighted by Gasteiger charge is 2.13. The van der Waals surface area contributed by atoms with Gasteiger partial charge in [-0.2, -0.15) is 0 Å². The number of halogens is 1. The second-order valence-corrected chi connectivity index (χ2v) is 4.62. The first-order valence-corrected chi connectivity index (χ1v) is 5.71. The van der Waals surface area contributed by atoms with E-state index in [1.807, 2.05) is 13.8 Å². The van der Waals surface area contributed by atoms with E-state index in [9.17, 15) is 9.18 Å². The summed E-state index contributed by atoms with van der Waals surface area (Å²) < 4.78 is 12.9. The molecular formula is C13H19FN2O. The summed E-state index contributed by atoms with van der Waals surface area (Å²) in [6.07, 6.45) is 0.272. The Hall–Kier alpha value is -1.42. The van der Waals surface area contributed by atoms with E-state index >= 15 is 0 Å². The average molecular weight is 238 g/mol. The molecule has 0 spiro atoms. The second kappa shape index (κ2) is 5.77. The van der Waals surface area contributed by atoms with E-state index in [0.29, 0.717) is 11.3 Å². The molecule has 0 radical (unpaired) electrons. The molecule has 0 fully saturated rings. The molecule has 0 aliphatic rings. The maximum absolute atomic E-state index is 12.9. The van der Waals surface area contributed by atoms with Crippen LogP contribution in [-0.4, -0.2) is 11.9 Å². The van der Waals surface area contributed by atoms with Crippen molar-refractivity contribution in [1.29, 1.82) is 0 Å². The fourth-order valence-electron chi connectivity index (χ4n) is 1.42. The van der Waals surface area contributed by atoms with Gasteiger partial charge in [-0.25, -0.2) is 4.39 Å². The van der Waals surface area contributed by atoms with Crippen molar-refractivity contribution in [2.24, 2.45) is 11.7 Å². The van der Waals surface area contributed by atoms with Gasteiger partial charge in [-0.3, -0.25) is 4.79 Å². The molecule has 1 aromatic rings. The van der Waals surface area contributed by atoms with Crippen LogP contribution in [0.25, 0.3) is 0 Å². The van der Waals surface area contributed by atoms with E-state index in [1.165, 1.54) is 12.1 Å². The summed E-state index contributed by atoms with van der Waals surface area (Å²) >= 11 is 0. The Balaban J connectivity index is 2.62. The smallest absolute Gasteiger partial charge is 0.225 e. The predicted molar refractivity (Wildman–Crippen MR) is 67.2 cm³/mol. The monoisotopic (exact) mass is 238 g/mol. The highest BCUT2D eigenvalue weighted by molar-refractivity contribution is 5.91. The zero-order valence-electron chi connectivity index (χ0n) is 10.5. The van der Waals surface area contributed by atoms with Crippen molar-refractivity contribution in [2.75, 3.05) is 5.32 Å². The third kappa shape index (κ3) is 4.15. The minimum Gasteiger partial charge on any atom is -0.327 e. The molecule has 0 bridgehead atoms. The molecule has 4 heteroatoms. The molecular weight excluding hydrogens is 219 g/mol. The van der Waals surface area contributed by atoms with Crippen molar-refractivity contribution in [3.05, 3.63) is 29.6 Å². The van der Waals surface area contributed by atoms with Crippen molar-refractivity contribution < 1.29 is 9.18 Å². The number of rotatable bonds is 4. The van der Waals surface area contributed by atoms with Crippen LogP contribution < -0.4 is 11.1 Å². The second-order valence-electron chi connectivity index (χ2n) is 4.62. The Bertz CT molecular complexity index is 404. The summed E-state index contributed by atoms with van der Waals surface area (Å²) in [6, 6.07) is 4.11. The van der Waals surface area contributed by atoms with Crippen molar-refractivity contribution in [2.45, 2.75) is 33.2 Å². The number of hydrogen-bond donors (Lipinski definition) is 2. The number of carbonyl (C=O) groups is 1. The molecule has 94 valence electrons. The molecule has 1 rings (SSSR count). The van der Waals surface area contributed by atoms with Crippen molar-refractivity contribution >= 4 is 11.6 Å². The van der Waals surface area contributed by atoms with Gasteiger partial charge in [0.2, 0.25) is 5.91 Å². The van der Waals surface area contributed by atoms with E-state index in [4.69, 9.17) is 5.73 Å². The van der Waals surface area contributed by atoms with E-state index < -0.39 is 0 Å². The number of nitrogens with two attached hydrogens (primary N) is 1. The lowest BCUT2D eigenvalue weighted by Crippen LogP contribution is -2.31. The first-order valence-electron chi connectivity index (χ1n) is 5.71. The van der Waals surface area contributed by atoms with Gasteiger partial charge in [-0.1, -0.05) is 13.8 Å². The van der Waals surface area contributed by atoms with Crippen LogP contribution in [0.2, 0.25) is 0 Å². The maximum Gasteiger partial charge on any atom is 0.225 e. The number of benzene rings is 1. The van der Waals surface area contributed by atoms with Crippen LogP contribution in [0.4, 0.5) is 10.1 Å². The number of anilines is 1. The zero-order valence-corrected chi connectivity index (χ0v) is 10.5. The standard InChI is InChI=1S/C13H19FN2O/c1-8(2)11(15)7-13(17)16-12-5-4-10(14)6-9(12)3/h4-6,8,11H,7,15H2,1-3H3,(H,16,17). The van der Waals surface area contributed by atoms with Gasteiger partial charge in [0.1, 0.15) is 5.82 Å². The highest BCUT2D eigenvalue weighted by atomic mass is 19.1. The van der Waals surface area contributed by atoms with Gasteiger partial charge in [0.15, 0.2) is 0 Å². The molecule has 1 amide bonds. The first-order chi connectivity index (χ1) is 7.90. The average Bonchev–Trinajstić information content (AvgIpc) is 2.22. The predicted octanol–water partition coefficient (Wildman–Crippen LogP) is 2.45. The first kappa shape index (κ1) is 13.6. The number of amides is 1. The number of aryl methyl sites for hydroxylation is 1. The van der Waals surface area contributed by atoms with Crippen molar-refractivity contribution in [3.63, 3.8) is 0 Å². The lowest BCUT2D eigenvalue weighted by Gasteiger charge is -2.15. The minimum absolute atomic E-state index is 0.138. The Morgan fingerprint density at radius 1 is 1.47 bits per heavy atom. The lowest BCUT2D eigenvalue weighted by atomic mass is 10.0. The van der Waals surface area contributed by atoms with Crippen LogP contribution in [0.5, 0.6) is 0 Å². The molecule has 0 aliphatic heterocycles. The fourth-order valence-corrected chi connectivity index (χ4v) is 1.42. The Kier molecular flexibility index (Phi) is 4.63. The van der Waals surface area contributed by atoms with E-state index in [2.05, 4.69) is 5.32 Å². The number of nitrogens with one attached hydrogen (secondary N) is 1. The molecule has 1 aromatic carbocycles. The lowest BCUT2D eigenvalue weighted by molar-refractivity contribution is -0.116. The summed E-state index contributed by atoms with van der Waals surface area (Å²) in [4.78, 5) is 11.7. The number of hydrogen-bond acceptors (Lipinski definition) is 2. The Morgan fingerprint density at radius 2 is 2.12 bits per heavy atom. The Morgan fingerprint density at radius 3 is 2.65 bits per heavy atom. The van der Waals surface area contributed by atoms with Crippen LogP contribution in [0.15, 0.2) is 18.2 Å². The van der Waals surface area contributed by atoms with Crippen LogP contribution in [0.3, 0.4) is 0 Å². The summed E-state index contributed by atoms with van der Waals surface area (Å²) in [5, 5.41) is 2.74. The quantitative estimate of drug-likeness (QED) is 0.846. The molecule has 0 saturated heterocycles. The van der Waals surface area contributed by atoms with E-state index in [-0.39, 0.29) is 30.1 Å². The van der Waals surface area contributed by atoms with Crippen molar-refractivity contribution in [3.8, 4) is 0 Å². The van der Waals surface area contributed by atoms with Gasteiger partial charge in [0.05, 0.1) is 0 Å². The highest BCUT2D eigenvalue weighted by Crippen LogP contribution is 2.16. The van der Waals surface area contributed by atoms with Gasteiger partial charge in [-0.05, 0) is 36.6 Å². The molecule has 0 aliphatic carbocycles. The van der Waals surface area contributed by atoms with Crippen LogP contribution in [-0.2, 0) is 4.79 Å². The minimum atomic E-state index is -0.306. The summed E-state index contributed by atoms with van der Waals surface area (Å²) in [5.74, 6) is -0.185. The van der Waals surface area contributed by atoms with Crippen LogP contribution >= 0.6 is 0 Å². The summed E-state index contributed by atoms with van der Waals surface area (Å²) in [6.45, 7) is 5.70. The van der Waals surface area contributed by atoms with Crippen LogP contribution in [0.1, 0.15) is 25.8 Å². The molecule has 0 saturated carbocycles. The molecule has 3 N–H and O–H groups in total.